The van der Waals surface area contributed by atoms with Gasteiger partial charge in [0.05, 0.1) is 32.1 Å². The maximum absolute atomic E-state index is 12.4. The fraction of sp³-hybridized carbons (Fsp3) is 0.552. The van der Waals surface area contributed by atoms with Gasteiger partial charge in [-0.1, -0.05) is 18.2 Å². The summed E-state index contributed by atoms with van der Waals surface area (Å²) < 4.78 is 23.0. The summed E-state index contributed by atoms with van der Waals surface area (Å²) in [5.74, 6) is 2.08. The molecule has 2 aliphatic heterocycles. The molecule has 37 heavy (non-hydrogen) atoms. The lowest BCUT2D eigenvalue weighted by Gasteiger charge is -2.37. The number of carbonyl (C=O) groups excluding carboxylic acids is 1. The molecule has 1 N–H and O–H groups in total. The first kappa shape index (κ1) is 27.2. The van der Waals surface area contributed by atoms with E-state index in [4.69, 9.17) is 18.9 Å². The first-order chi connectivity index (χ1) is 18.0. The first-order valence-corrected chi connectivity index (χ1v) is 13.2. The summed E-state index contributed by atoms with van der Waals surface area (Å²) >= 11 is 0. The van der Waals surface area contributed by atoms with Crippen molar-refractivity contribution in [1.82, 2.24) is 10.2 Å². The van der Waals surface area contributed by atoms with Crippen molar-refractivity contribution in [2.45, 2.75) is 43.9 Å². The van der Waals surface area contributed by atoms with E-state index < -0.39 is 0 Å². The van der Waals surface area contributed by atoms with Gasteiger partial charge in [0.15, 0.2) is 0 Å². The Bertz CT molecular complexity index is 1010. The van der Waals surface area contributed by atoms with Crippen molar-refractivity contribution in [2.75, 3.05) is 66.1 Å². The summed E-state index contributed by atoms with van der Waals surface area (Å²) in [4.78, 5) is 16.4. The van der Waals surface area contributed by atoms with Crippen LogP contribution in [0.25, 0.3) is 0 Å². The van der Waals surface area contributed by atoms with Gasteiger partial charge in [-0.3, -0.25) is 4.79 Å². The Morgan fingerprint density at radius 2 is 1.97 bits per heavy atom. The molecule has 0 unspecified atom stereocenters. The SMILES string of the molecule is COCCCN1CCOc2ccc(CO[C@H]3CN[C@H](CC(=O)N(C)C)C[C@@H]3c3ccc(OC)cc3)cc21. The number of ether oxygens (including phenoxy) is 4. The quantitative estimate of drug-likeness (QED) is 0.464. The maximum atomic E-state index is 12.4. The normalized spacial score (nSPS) is 21.2. The van der Waals surface area contributed by atoms with Crippen molar-refractivity contribution in [3.8, 4) is 11.5 Å². The van der Waals surface area contributed by atoms with Crippen molar-refractivity contribution in [3.63, 3.8) is 0 Å². The van der Waals surface area contributed by atoms with Gasteiger partial charge in [-0.15, -0.1) is 0 Å². The van der Waals surface area contributed by atoms with Crippen LogP contribution >= 0.6 is 0 Å². The highest BCUT2D eigenvalue weighted by Crippen LogP contribution is 2.35. The van der Waals surface area contributed by atoms with Crippen LogP contribution in [0.3, 0.4) is 0 Å². The van der Waals surface area contributed by atoms with E-state index in [0.29, 0.717) is 26.2 Å². The lowest BCUT2D eigenvalue weighted by atomic mass is 9.83. The molecule has 0 saturated carbocycles. The maximum Gasteiger partial charge on any atom is 0.223 e. The van der Waals surface area contributed by atoms with Crippen LogP contribution in [0.1, 0.15) is 36.3 Å². The van der Waals surface area contributed by atoms with Gasteiger partial charge in [-0.2, -0.15) is 0 Å². The molecule has 8 nitrogen and oxygen atoms in total. The number of benzene rings is 2. The van der Waals surface area contributed by atoms with E-state index in [9.17, 15) is 4.79 Å². The van der Waals surface area contributed by atoms with Gasteiger partial charge in [-0.05, 0) is 48.2 Å². The van der Waals surface area contributed by atoms with Crippen LogP contribution in [0, 0.1) is 0 Å². The summed E-state index contributed by atoms with van der Waals surface area (Å²) in [5.41, 5.74) is 3.45. The Morgan fingerprint density at radius 1 is 1.16 bits per heavy atom. The zero-order valence-corrected chi connectivity index (χ0v) is 22.6. The van der Waals surface area contributed by atoms with Crippen molar-refractivity contribution < 1.29 is 23.7 Å². The summed E-state index contributed by atoms with van der Waals surface area (Å²) in [6.45, 7) is 4.47. The minimum atomic E-state index is -0.0100. The smallest absolute Gasteiger partial charge is 0.223 e. The Morgan fingerprint density at radius 3 is 2.70 bits per heavy atom. The van der Waals surface area contributed by atoms with Gasteiger partial charge in [-0.25, -0.2) is 0 Å². The highest BCUT2D eigenvalue weighted by Gasteiger charge is 2.33. The molecule has 1 saturated heterocycles. The fourth-order valence-electron chi connectivity index (χ4n) is 5.14. The first-order valence-electron chi connectivity index (χ1n) is 13.2. The molecule has 1 amide bonds. The van der Waals surface area contributed by atoms with Gasteiger partial charge in [0, 0.05) is 59.3 Å². The summed E-state index contributed by atoms with van der Waals surface area (Å²) in [6, 6.07) is 14.7. The number of fused-ring (bicyclic) bond motifs is 1. The molecule has 0 spiro atoms. The Labute approximate surface area is 220 Å². The molecular weight excluding hydrogens is 470 g/mol. The number of hydrogen-bond donors (Lipinski definition) is 1. The van der Waals surface area contributed by atoms with Crippen molar-refractivity contribution >= 4 is 11.6 Å². The third-order valence-corrected chi connectivity index (χ3v) is 7.28. The molecule has 1 fully saturated rings. The van der Waals surface area contributed by atoms with E-state index in [-0.39, 0.29) is 24.0 Å². The lowest BCUT2D eigenvalue weighted by molar-refractivity contribution is -0.129. The molecule has 2 aliphatic rings. The Balaban J connectivity index is 1.46. The number of anilines is 1. The zero-order valence-electron chi connectivity index (χ0n) is 22.6. The minimum absolute atomic E-state index is 0.0100. The molecule has 2 aromatic rings. The van der Waals surface area contributed by atoms with E-state index in [1.54, 1.807) is 33.2 Å². The third-order valence-electron chi connectivity index (χ3n) is 7.28. The molecule has 3 atom stereocenters. The second-order valence-electron chi connectivity index (χ2n) is 10.0. The summed E-state index contributed by atoms with van der Waals surface area (Å²) in [5, 5.41) is 3.56. The molecule has 202 valence electrons. The number of nitrogens with zero attached hydrogens (tertiary/aromatic N) is 2. The number of methoxy groups -OCH3 is 2. The Hall–Kier alpha value is -2.81. The molecular formula is C29H41N3O5. The number of nitrogens with one attached hydrogen (secondary N) is 1. The second kappa shape index (κ2) is 13.1. The van der Waals surface area contributed by atoms with Crippen LogP contribution < -0.4 is 19.7 Å². The fourth-order valence-corrected chi connectivity index (χ4v) is 5.14. The van der Waals surface area contributed by atoms with Crippen LogP contribution in [0.4, 0.5) is 5.69 Å². The number of piperidine rings is 1. The monoisotopic (exact) mass is 511 g/mol. The third kappa shape index (κ3) is 7.15. The molecule has 0 aromatic heterocycles. The molecule has 2 heterocycles. The van der Waals surface area contributed by atoms with E-state index in [0.717, 1.165) is 55.3 Å². The average Bonchev–Trinajstić information content (AvgIpc) is 2.92. The molecule has 0 aliphatic carbocycles. The molecule has 0 bridgehead atoms. The number of rotatable bonds is 11. The average molecular weight is 512 g/mol. The number of hydrogen-bond acceptors (Lipinski definition) is 7. The van der Waals surface area contributed by atoms with E-state index in [1.165, 1.54) is 5.56 Å². The Kier molecular flexibility index (Phi) is 9.66. The van der Waals surface area contributed by atoms with Gasteiger partial charge >= 0.3 is 0 Å². The highest BCUT2D eigenvalue weighted by atomic mass is 16.5. The number of carbonyl (C=O) groups is 1. The van der Waals surface area contributed by atoms with Gasteiger partial charge in [0.1, 0.15) is 18.1 Å². The van der Waals surface area contributed by atoms with Gasteiger partial charge < -0.3 is 34.1 Å². The standard InChI is InChI=1S/C29H41N3O5/c1-31(2)29(33)18-23-17-25(22-7-9-24(35-4)10-8-22)28(19-30-23)37-20-21-6-11-27-26(16-21)32(13-15-36-27)12-5-14-34-3/h6-11,16,23,25,28,30H,5,12-15,17-20H2,1-4H3/t23-,25+,28-/m0/s1. The molecule has 8 heteroatoms. The van der Waals surface area contributed by atoms with Gasteiger partial charge in [0.2, 0.25) is 5.91 Å². The van der Waals surface area contributed by atoms with Crippen LogP contribution in [0.2, 0.25) is 0 Å². The van der Waals surface area contributed by atoms with Gasteiger partial charge in [0.25, 0.3) is 0 Å². The lowest BCUT2D eigenvalue weighted by Crippen LogP contribution is -2.48. The predicted molar refractivity (Wildman–Crippen MR) is 145 cm³/mol. The molecule has 2 aromatic carbocycles. The van der Waals surface area contributed by atoms with Crippen LogP contribution in [0.5, 0.6) is 11.5 Å². The van der Waals surface area contributed by atoms with Crippen molar-refractivity contribution in [1.29, 1.82) is 0 Å². The minimum Gasteiger partial charge on any atom is -0.497 e. The topological polar surface area (TPSA) is 72.5 Å². The summed E-state index contributed by atoms with van der Waals surface area (Å²) in [7, 11) is 7.03. The van der Waals surface area contributed by atoms with Crippen molar-refractivity contribution in [2.24, 2.45) is 0 Å². The van der Waals surface area contributed by atoms with Crippen LogP contribution in [0.15, 0.2) is 42.5 Å². The number of amides is 1. The van der Waals surface area contributed by atoms with Crippen LogP contribution in [-0.2, 0) is 20.9 Å². The van der Waals surface area contributed by atoms with Crippen molar-refractivity contribution in [3.05, 3.63) is 53.6 Å². The zero-order chi connectivity index (χ0) is 26.2. The van der Waals surface area contributed by atoms with E-state index in [1.807, 2.05) is 12.1 Å². The predicted octanol–water partition coefficient (Wildman–Crippen LogP) is 3.44. The second-order valence-corrected chi connectivity index (χ2v) is 10.0. The van der Waals surface area contributed by atoms with E-state index in [2.05, 4.69) is 40.5 Å². The van der Waals surface area contributed by atoms with E-state index >= 15 is 0 Å². The highest BCUT2D eigenvalue weighted by molar-refractivity contribution is 5.76. The molecule has 4 rings (SSSR count). The van der Waals surface area contributed by atoms with Crippen LogP contribution in [-0.4, -0.2) is 84.1 Å². The largest absolute Gasteiger partial charge is 0.497 e. The summed E-state index contributed by atoms with van der Waals surface area (Å²) in [6.07, 6.45) is 2.29. The molecule has 0 radical (unpaired) electrons.